The van der Waals surface area contributed by atoms with Gasteiger partial charge in [0.1, 0.15) is 18.9 Å². The second kappa shape index (κ2) is 6.59. The van der Waals surface area contributed by atoms with Gasteiger partial charge in [0.2, 0.25) is 11.8 Å². The summed E-state index contributed by atoms with van der Waals surface area (Å²) < 4.78 is 1.79. The number of anilines is 1. The molecule has 7 nitrogen and oxygen atoms in total. The van der Waals surface area contributed by atoms with Crippen LogP contribution >= 0.6 is 0 Å². The molecule has 0 spiro atoms. The number of imidazole rings is 1. The van der Waals surface area contributed by atoms with Gasteiger partial charge in [0.15, 0.2) is 0 Å². The smallest absolute Gasteiger partial charge is 0.246 e. The van der Waals surface area contributed by atoms with Gasteiger partial charge < -0.3 is 14.4 Å². The van der Waals surface area contributed by atoms with E-state index < -0.39 is 0 Å². The molecule has 0 atom stereocenters. The number of carbonyl (C=O) groups is 2. The molecule has 2 amide bonds. The summed E-state index contributed by atoms with van der Waals surface area (Å²) in [5, 5.41) is 1.98. The maximum absolute atomic E-state index is 12.7. The molecule has 1 aromatic carbocycles. The molecule has 0 aliphatic carbocycles. The number of rotatable bonds is 3. The Kier molecular flexibility index (Phi) is 4.12. The van der Waals surface area contributed by atoms with Crippen molar-refractivity contribution < 1.29 is 9.59 Å². The molecule has 7 heteroatoms. The van der Waals surface area contributed by atoms with Crippen LogP contribution in [0, 0.1) is 6.92 Å². The van der Waals surface area contributed by atoms with Gasteiger partial charge in [-0.3, -0.25) is 14.6 Å². The van der Waals surface area contributed by atoms with Gasteiger partial charge in [-0.1, -0.05) is 12.1 Å². The molecule has 3 aromatic rings. The van der Waals surface area contributed by atoms with Crippen molar-refractivity contribution in [1.29, 1.82) is 0 Å². The number of carbonyl (C=O) groups excluding carboxylic acids is 2. The van der Waals surface area contributed by atoms with Crippen LogP contribution in [0.1, 0.15) is 5.82 Å². The minimum Gasteiger partial charge on any atom is -0.330 e. The summed E-state index contributed by atoms with van der Waals surface area (Å²) in [6.45, 7) is 3.15. The van der Waals surface area contributed by atoms with Gasteiger partial charge in [-0.2, -0.15) is 0 Å². The van der Waals surface area contributed by atoms with Crippen LogP contribution in [0.5, 0.6) is 0 Å². The molecule has 1 fully saturated rings. The zero-order chi connectivity index (χ0) is 18.1. The average Bonchev–Trinajstić information content (AvgIpc) is 3.06. The van der Waals surface area contributed by atoms with Crippen molar-refractivity contribution in [2.75, 3.05) is 24.5 Å². The number of aryl methyl sites for hydroxylation is 1. The molecule has 1 aliphatic rings. The average molecular weight is 349 g/mol. The monoisotopic (exact) mass is 349 g/mol. The third-order valence-corrected chi connectivity index (χ3v) is 4.75. The van der Waals surface area contributed by atoms with E-state index in [1.807, 2.05) is 31.2 Å². The highest BCUT2D eigenvalue weighted by molar-refractivity contribution is 6.05. The van der Waals surface area contributed by atoms with Crippen LogP contribution in [0.2, 0.25) is 0 Å². The summed E-state index contributed by atoms with van der Waals surface area (Å²) in [7, 11) is 0. The predicted octanol–water partition coefficient (Wildman–Crippen LogP) is 1.62. The first-order chi connectivity index (χ1) is 12.6. The summed E-state index contributed by atoms with van der Waals surface area (Å²) >= 11 is 0. The first kappa shape index (κ1) is 16.3. The number of benzene rings is 1. The fraction of sp³-hybridized carbons (Fsp3) is 0.263. The van der Waals surface area contributed by atoms with Gasteiger partial charge in [0, 0.05) is 48.6 Å². The van der Waals surface area contributed by atoms with Crippen LogP contribution in [-0.4, -0.2) is 50.9 Å². The minimum atomic E-state index is -0.0729. The van der Waals surface area contributed by atoms with Gasteiger partial charge in [-0.15, -0.1) is 0 Å². The summed E-state index contributed by atoms with van der Waals surface area (Å²) in [5.41, 5.74) is 0.868. The molecular formula is C19H19N5O2. The third kappa shape index (κ3) is 2.92. The molecule has 4 rings (SSSR count). The van der Waals surface area contributed by atoms with Crippen molar-refractivity contribution in [2.45, 2.75) is 13.5 Å². The topological polar surface area (TPSA) is 71.3 Å². The maximum Gasteiger partial charge on any atom is 0.246 e. The van der Waals surface area contributed by atoms with E-state index in [0.29, 0.717) is 13.1 Å². The molecule has 0 saturated carbocycles. The molecule has 0 radical (unpaired) electrons. The fourth-order valence-corrected chi connectivity index (χ4v) is 3.30. The van der Waals surface area contributed by atoms with Crippen molar-refractivity contribution in [3.63, 3.8) is 0 Å². The number of amides is 2. The largest absolute Gasteiger partial charge is 0.330 e. The highest BCUT2D eigenvalue weighted by atomic mass is 16.2. The molecule has 3 heterocycles. The Bertz CT molecular complexity index is 975. The van der Waals surface area contributed by atoms with Gasteiger partial charge in [0.05, 0.1) is 5.69 Å². The standard InChI is InChI=1S/C19H19N5O2/c1-14-21-7-8-22(14)12-18(25)23-9-10-24(19(26)13-23)17-4-2-3-15-11-20-6-5-16(15)17/h2-8,11H,9-10,12-13H2,1H3. The molecule has 0 bridgehead atoms. The van der Waals surface area contributed by atoms with Crippen molar-refractivity contribution >= 4 is 28.3 Å². The van der Waals surface area contributed by atoms with Gasteiger partial charge in [0.25, 0.3) is 0 Å². The minimum absolute atomic E-state index is 0.0683. The van der Waals surface area contributed by atoms with Crippen LogP contribution in [0.3, 0.4) is 0 Å². The highest BCUT2D eigenvalue weighted by Gasteiger charge is 2.28. The number of hydrogen-bond acceptors (Lipinski definition) is 4. The van der Waals surface area contributed by atoms with Crippen LogP contribution < -0.4 is 4.90 Å². The fourth-order valence-electron chi connectivity index (χ4n) is 3.30. The van der Waals surface area contributed by atoms with Crippen molar-refractivity contribution in [3.05, 3.63) is 54.9 Å². The maximum atomic E-state index is 12.7. The molecule has 0 N–H and O–H groups in total. The zero-order valence-electron chi connectivity index (χ0n) is 14.5. The lowest BCUT2D eigenvalue weighted by Gasteiger charge is -2.35. The molecule has 1 saturated heterocycles. The number of nitrogens with zero attached hydrogens (tertiary/aromatic N) is 5. The molecule has 0 unspecified atom stereocenters. The SMILES string of the molecule is Cc1nccn1CC(=O)N1CCN(c2cccc3cnccc23)C(=O)C1. The van der Waals surface area contributed by atoms with E-state index >= 15 is 0 Å². The lowest BCUT2D eigenvalue weighted by molar-refractivity contribution is -0.137. The zero-order valence-corrected chi connectivity index (χ0v) is 14.5. The number of pyridine rings is 1. The predicted molar refractivity (Wildman–Crippen MR) is 97.6 cm³/mol. The Balaban J connectivity index is 1.51. The third-order valence-electron chi connectivity index (χ3n) is 4.75. The number of hydrogen-bond donors (Lipinski definition) is 0. The summed E-state index contributed by atoms with van der Waals surface area (Å²) in [6, 6.07) is 7.75. The molecule has 26 heavy (non-hydrogen) atoms. The Morgan fingerprint density at radius 2 is 2.08 bits per heavy atom. The van der Waals surface area contributed by atoms with Crippen molar-refractivity contribution in [2.24, 2.45) is 0 Å². The van der Waals surface area contributed by atoms with Gasteiger partial charge >= 0.3 is 0 Å². The van der Waals surface area contributed by atoms with Gasteiger partial charge in [-0.25, -0.2) is 4.98 Å². The second-order valence-corrected chi connectivity index (χ2v) is 6.34. The second-order valence-electron chi connectivity index (χ2n) is 6.34. The highest BCUT2D eigenvalue weighted by Crippen LogP contribution is 2.27. The molecule has 2 aromatic heterocycles. The first-order valence-electron chi connectivity index (χ1n) is 8.52. The van der Waals surface area contributed by atoms with Gasteiger partial charge in [-0.05, 0) is 19.1 Å². The molecule has 132 valence electrons. The van der Waals surface area contributed by atoms with Crippen LogP contribution in [0.15, 0.2) is 49.1 Å². The Morgan fingerprint density at radius 1 is 1.19 bits per heavy atom. The van der Waals surface area contributed by atoms with Crippen molar-refractivity contribution in [1.82, 2.24) is 19.4 Å². The summed E-state index contributed by atoms with van der Waals surface area (Å²) in [5.74, 6) is 0.644. The van der Waals surface area contributed by atoms with E-state index in [2.05, 4.69) is 9.97 Å². The van der Waals surface area contributed by atoms with E-state index in [1.54, 1.807) is 39.2 Å². The Hall–Kier alpha value is -3.22. The molecule has 1 aliphatic heterocycles. The first-order valence-corrected chi connectivity index (χ1v) is 8.52. The lowest BCUT2D eigenvalue weighted by Crippen LogP contribution is -2.53. The van der Waals surface area contributed by atoms with E-state index in [0.717, 1.165) is 22.3 Å². The summed E-state index contributed by atoms with van der Waals surface area (Å²) in [6.07, 6.45) is 6.95. The van der Waals surface area contributed by atoms with E-state index in [-0.39, 0.29) is 24.9 Å². The normalized spacial score (nSPS) is 14.9. The van der Waals surface area contributed by atoms with E-state index in [4.69, 9.17) is 0 Å². The number of aromatic nitrogens is 3. The summed E-state index contributed by atoms with van der Waals surface area (Å²) in [4.78, 5) is 36.9. The van der Waals surface area contributed by atoms with Crippen LogP contribution in [-0.2, 0) is 16.1 Å². The lowest BCUT2D eigenvalue weighted by atomic mass is 10.1. The Labute approximate surface area is 150 Å². The number of piperazine rings is 1. The number of fused-ring (bicyclic) bond motifs is 1. The molecular weight excluding hydrogens is 330 g/mol. The van der Waals surface area contributed by atoms with Crippen molar-refractivity contribution in [3.8, 4) is 0 Å². The van der Waals surface area contributed by atoms with Crippen LogP contribution in [0.25, 0.3) is 10.8 Å². The van der Waals surface area contributed by atoms with E-state index in [9.17, 15) is 9.59 Å². The quantitative estimate of drug-likeness (QED) is 0.720. The van der Waals surface area contributed by atoms with Crippen LogP contribution in [0.4, 0.5) is 5.69 Å². The Morgan fingerprint density at radius 3 is 2.85 bits per heavy atom. The van der Waals surface area contributed by atoms with E-state index in [1.165, 1.54) is 0 Å².